The molecule has 1 N–H and O–H groups in total. The van der Waals surface area contributed by atoms with Crippen molar-refractivity contribution in [1.29, 1.82) is 0 Å². The molecule has 0 saturated carbocycles. The molecule has 1 amide bonds. The van der Waals surface area contributed by atoms with Crippen molar-refractivity contribution in [2.45, 2.75) is 20.3 Å². The summed E-state index contributed by atoms with van der Waals surface area (Å²) in [7, 11) is 0. The average molecular weight is 198 g/mol. The minimum Gasteiger partial charge on any atom is -0.326 e. The van der Waals surface area contributed by atoms with Crippen LogP contribution in [-0.4, -0.2) is 5.91 Å². The van der Waals surface area contributed by atoms with Gasteiger partial charge in [0.25, 0.3) is 0 Å². The summed E-state index contributed by atoms with van der Waals surface area (Å²) in [5.41, 5.74) is 1.90. The highest BCUT2D eigenvalue weighted by Gasteiger charge is 2.02. The number of carbonyl (C=O) groups excluding carboxylic acids is 1. The molecule has 0 heterocycles. The zero-order chi connectivity index (χ0) is 9.84. The van der Waals surface area contributed by atoms with Gasteiger partial charge in [-0.1, -0.05) is 24.6 Å². The van der Waals surface area contributed by atoms with Crippen LogP contribution in [0.15, 0.2) is 18.2 Å². The number of hydrogen-bond donors (Lipinski definition) is 1. The molecular weight excluding hydrogens is 186 g/mol. The van der Waals surface area contributed by atoms with Crippen molar-refractivity contribution < 1.29 is 4.79 Å². The minimum absolute atomic E-state index is 0.0723. The van der Waals surface area contributed by atoms with Crippen LogP contribution in [-0.2, 0) is 11.2 Å². The number of halogens is 1. The van der Waals surface area contributed by atoms with Crippen LogP contribution >= 0.6 is 11.6 Å². The summed E-state index contributed by atoms with van der Waals surface area (Å²) in [4.78, 5) is 10.8. The van der Waals surface area contributed by atoms with Gasteiger partial charge in [-0.2, -0.15) is 0 Å². The molecule has 0 aliphatic rings. The Hall–Kier alpha value is -1.02. The second-order valence-electron chi connectivity index (χ2n) is 2.84. The van der Waals surface area contributed by atoms with Gasteiger partial charge in [-0.3, -0.25) is 4.79 Å². The van der Waals surface area contributed by atoms with E-state index in [2.05, 4.69) is 5.32 Å². The van der Waals surface area contributed by atoms with E-state index >= 15 is 0 Å². The van der Waals surface area contributed by atoms with Gasteiger partial charge in [0.2, 0.25) is 5.91 Å². The van der Waals surface area contributed by atoms with Crippen LogP contribution in [0.5, 0.6) is 0 Å². The molecule has 0 aliphatic heterocycles. The summed E-state index contributed by atoms with van der Waals surface area (Å²) < 4.78 is 0. The molecule has 0 radical (unpaired) electrons. The van der Waals surface area contributed by atoms with Crippen LogP contribution in [0, 0.1) is 0 Å². The fourth-order valence-electron chi connectivity index (χ4n) is 1.16. The first-order valence-corrected chi connectivity index (χ1v) is 4.57. The van der Waals surface area contributed by atoms with Gasteiger partial charge in [0, 0.05) is 17.6 Å². The molecule has 0 aromatic heterocycles. The highest BCUT2D eigenvalue weighted by molar-refractivity contribution is 6.31. The normalized spacial score (nSPS) is 9.77. The van der Waals surface area contributed by atoms with Gasteiger partial charge >= 0.3 is 0 Å². The third kappa shape index (κ3) is 2.74. The number of hydrogen-bond acceptors (Lipinski definition) is 1. The van der Waals surface area contributed by atoms with E-state index in [0.29, 0.717) is 5.02 Å². The lowest BCUT2D eigenvalue weighted by Crippen LogP contribution is -2.07. The number of nitrogens with one attached hydrogen (secondary N) is 1. The number of aryl methyl sites for hydroxylation is 1. The molecular formula is C10H12ClNO. The Balaban J connectivity index is 3.01. The van der Waals surface area contributed by atoms with Crippen molar-refractivity contribution in [3.8, 4) is 0 Å². The van der Waals surface area contributed by atoms with E-state index in [1.165, 1.54) is 6.92 Å². The Kier molecular flexibility index (Phi) is 3.32. The summed E-state index contributed by atoms with van der Waals surface area (Å²) >= 11 is 5.81. The fourth-order valence-corrected chi connectivity index (χ4v) is 1.34. The van der Waals surface area contributed by atoms with Crippen molar-refractivity contribution in [3.63, 3.8) is 0 Å². The molecule has 3 heteroatoms. The second-order valence-corrected chi connectivity index (χ2v) is 3.27. The van der Waals surface area contributed by atoms with Gasteiger partial charge in [-0.25, -0.2) is 0 Å². The van der Waals surface area contributed by atoms with Crippen LogP contribution < -0.4 is 5.32 Å². The van der Waals surface area contributed by atoms with Gasteiger partial charge in [-0.05, 0) is 24.1 Å². The maximum absolute atomic E-state index is 10.8. The summed E-state index contributed by atoms with van der Waals surface area (Å²) in [6.45, 7) is 3.52. The SMILES string of the molecule is CCc1ccc(Cl)cc1NC(C)=O. The monoisotopic (exact) mass is 197 g/mol. The largest absolute Gasteiger partial charge is 0.326 e. The van der Waals surface area contributed by atoms with Gasteiger partial charge in [-0.15, -0.1) is 0 Å². The lowest BCUT2D eigenvalue weighted by molar-refractivity contribution is -0.114. The van der Waals surface area contributed by atoms with E-state index in [-0.39, 0.29) is 5.91 Å². The van der Waals surface area contributed by atoms with Crippen LogP contribution in [0.1, 0.15) is 19.4 Å². The topological polar surface area (TPSA) is 29.1 Å². The molecule has 0 unspecified atom stereocenters. The zero-order valence-corrected chi connectivity index (χ0v) is 8.48. The van der Waals surface area contributed by atoms with Gasteiger partial charge in [0.1, 0.15) is 0 Å². The number of carbonyl (C=O) groups is 1. The van der Waals surface area contributed by atoms with Crippen molar-refractivity contribution in [3.05, 3.63) is 28.8 Å². The third-order valence-electron chi connectivity index (χ3n) is 1.76. The summed E-state index contributed by atoms with van der Waals surface area (Å²) in [5, 5.41) is 3.38. The summed E-state index contributed by atoms with van der Waals surface area (Å²) in [6.07, 6.45) is 0.882. The number of benzene rings is 1. The highest BCUT2D eigenvalue weighted by atomic mass is 35.5. The standard InChI is InChI=1S/C10H12ClNO/c1-3-8-4-5-9(11)6-10(8)12-7(2)13/h4-6H,3H2,1-2H3,(H,12,13). The second kappa shape index (κ2) is 4.28. The molecule has 0 bridgehead atoms. The zero-order valence-electron chi connectivity index (χ0n) is 7.73. The first-order chi connectivity index (χ1) is 6.13. The fraction of sp³-hybridized carbons (Fsp3) is 0.300. The molecule has 13 heavy (non-hydrogen) atoms. The van der Waals surface area contributed by atoms with Crippen LogP contribution in [0.3, 0.4) is 0 Å². The van der Waals surface area contributed by atoms with Crippen LogP contribution in [0.25, 0.3) is 0 Å². The molecule has 70 valence electrons. The lowest BCUT2D eigenvalue weighted by atomic mass is 10.1. The Morgan fingerprint density at radius 3 is 2.77 bits per heavy atom. The Morgan fingerprint density at radius 2 is 2.23 bits per heavy atom. The predicted octanol–water partition coefficient (Wildman–Crippen LogP) is 2.86. The number of rotatable bonds is 2. The van der Waals surface area contributed by atoms with Gasteiger partial charge in [0.05, 0.1) is 0 Å². The summed E-state index contributed by atoms with van der Waals surface area (Å²) in [6, 6.07) is 5.51. The molecule has 2 nitrogen and oxygen atoms in total. The molecule has 0 saturated heterocycles. The van der Waals surface area contributed by atoms with Crippen molar-refractivity contribution in [2.75, 3.05) is 5.32 Å². The van der Waals surface area contributed by atoms with E-state index in [0.717, 1.165) is 17.7 Å². The van der Waals surface area contributed by atoms with Crippen molar-refractivity contribution in [1.82, 2.24) is 0 Å². The van der Waals surface area contributed by atoms with Gasteiger partial charge in [0.15, 0.2) is 0 Å². The smallest absolute Gasteiger partial charge is 0.221 e. The molecule has 1 rings (SSSR count). The molecule has 0 spiro atoms. The Labute approximate surface area is 82.9 Å². The molecule has 0 fully saturated rings. The average Bonchev–Trinajstić information content (AvgIpc) is 2.03. The number of amides is 1. The predicted molar refractivity (Wildman–Crippen MR) is 55.1 cm³/mol. The quantitative estimate of drug-likeness (QED) is 0.776. The Morgan fingerprint density at radius 1 is 1.54 bits per heavy atom. The number of anilines is 1. The van der Waals surface area contributed by atoms with Gasteiger partial charge < -0.3 is 5.32 Å². The van der Waals surface area contributed by atoms with Crippen LogP contribution in [0.4, 0.5) is 5.69 Å². The van der Waals surface area contributed by atoms with E-state index in [9.17, 15) is 4.79 Å². The van der Waals surface area contributed by atoms with Crippen molar-refractivity contribution in [2.24, 2.45) is 0 Å². The third-order valence-corrected chi connectivity index (χ3v) is 2.00. The van der Waals surface area contributed by atoms with E-state index in [1.54, 1.807) is 6.07 Å². The summed E-state index contributed by atoms with van der Waals surface area (Å²) in [5.74, 6) is -0.0723. The lowest BCUT2D eigenvalue weighted by Gasteiger charge is -2.08. The molecule has 0 atom stereocenters. The molecule has 0 aliphatic carbocycles. The maximum Gasteiger partial charge on any atom is 0.221 e. The first kappa shape index (κ1) is 10.1. The maximum atomic E-state index is 10.8. The van der Waals surface area contributed by atoms with E-state index in [1.807, 2.05) is 19.1 Å². The first-order valence-electron chi connectivity index (χ1n) is 4.19. The van der Waals surface area contributed by atoms with Crippen molar-refractivity contribution >= 4 is 23.2 Å². The van der Waals surface area contributed by atoms with E-state index < -0.39 is 0 Å². The Bertz CT molecular complexity index is 323. The minimum atomic E-state index is -0.0723. The van der Waals surface area contributed by atoms with Crippen LogP contribution in [0.2, 0.25) is 5.02 Å². The highest BCUT2D eigenvalue weighted by Crippen LogP contribution is 2.21. The van der Waals surface area contributed by atoms with E-state index in [4.69, 9.17) is 11.6 Å². The molecule has 1 aromatic rings. The molecule has 1 aromatic carbocycles.